The average molecular weight is 531 g/mol. The van der Waals surface area contributed by atoms with E-state index in [2.05, 4.69) is 5.32 Å². The van der Waals surface area contributed by atoms with E-state index in [0.717, 1.165) is 9.87 Å². The lowest BCUT2D eigenvalue weighted by atomic mass is 10.1. The molecule has 10 heteroatoms. The van der Waals surface area contributed by atoms with Crippen molar-refractivity contribution < 1.29 is 27.5 Å². The van der Waals surface area contributed by atoms with Crippen LogP contribution in [-0.2, 0) is 19.6 Å². The lowest BCUT2D eigenvalue weighted by Gasteiger charge is -2.26. The van der Waals surface area contributed by atoms with Gasteiger partial charge < -0.3 is 14.8 Å². The average Bonchev–Trinajstić information content (AvgIpc) is 2.84. The van der Waals surface area contributed by atoms with Crippen LogP contribution in [0.2, 0.25) is 5.02 Å². The number of esters is 1. The molecule has 0 bridgehead atoms. The Morgan fingerprint density at radius 3 is 2.31 bits per heavy atom. The summed E-state index contributed by atoms with van der Waals surface area (Å²) in [4.78, 5) is 25.1. The molecular weight excluding hydrogens is 504 g/mol. The highest BCUT2D eigenvalue weighted by atomic mass is 35.5. The van der Waals surface area contributed by atoms with Gasteiger partial charge in [-0.15, -0.1) is 0 Å². The lowest BCUT2D eigenvalue weighted by molar-refractivity contribution is -0.114. The van der Waals surface area contributed by atoms with Crippen LogP contribution >= 0.6 is 11.6 Å². The van der Waals surface area contributed by atoms with Gasteiger partial charge in [0.2, 0.25) is 5.91 Å². The fraction of sp³-hybridized carbons (Fsp3) is 0.231. The van der Waals surface area contributed by atoms with Gasteiger partial charge in [-0.2, -0.15) is 0 Å². The smallest absolute Gasteiger partial charge is 0.338 e. The Labute approximate surface area is 215 Å². The lowest BCUT2D eigenvalue weighted by Crippen LogP contribution is -2.38. The fourth-order valence-corrected chi connectivity index (χ4v) is 5.05. The van der Waals surface area contributed by atoms with Crippen molar-refractivity contribution in [2.24, 2.45) is 0 Å². The van der Waals surface area contributed by atoms with Gasteiger partial charge in [0.05, 0.1) is 29.9 Å². The monoisotopic (exact) mass is 530 g/mol. The molecule has 8 nitrogen and oxygen atoms in total. The van der Waals surface area contributed by atoms with Crippen LogP contribution in [0.15, 0.2) is 65.6 Å². The first-order chi connectivity index (χ1) is 17.1. The van der Waals surface area contributed by atoms with E-state index in [9.17, 15) is 18.0 Å². The molecule has 0 saturated carbocycles. The van der Waals surface area contributed by atoms with E-state index in [1.54, 1.807) is 44.2 Å². The zero-order valence-electron chi connectivity index (χ0n) is 20.4. The number of halogens is 1. The van der Waals surface area contributed by atoms with Crippen LogP contribution in [-0.4, -0.2) is 40.6 Å². The Balaban J connectivity index is 1.96. The first-order valence-corrected chi connectivity index (χ1v) is 12.9. The molecule has 0 aromatic heterocycles. The molecule has 36 heavy (non-hydrogen) atoms. The molecule has 1 amide bonds. The molecule has 0 aliphatic rings. The number of amides is 1. The van der Waals surface area contributed by atoms with Crippen LogP contribution in [0, 0.1) is 13.8 Å². The van der Waals surface area contributed by atoms with Crippen molar-refractivity contribution in [3.8, 4) is 5.75 Å². The fourth-order valence-electron chi connectivity index (χ4n) is 3.46. The number of nitrogens with one attached hydrogen (secondary N) is 1. The van der Waals surface area contributed by atoms with E-state index in [4.69, 9.17) is 21.1 Å². The van der Waals surface area contributed by atoms with E-state index < -0.39 is 28.4 Å². The summed E-state index contributed by atoms with van der Waals surface area (Å²) < 4.78 is 38.6. The summed E-state index contributed by atoms with van der Waals surface area (Å²) in [6.45, 7) is 4.97. The maximum Gasteiger partial charge on any atom is 0.338 e. The Morgan fingerprint density at radius 2 is 1.69 bits per heavy atom. The molecular formula is C26H27ClN2O6S. The largest absolute Gasteiger partial charge is 0.495 e. The van der Waals surface area contributed by atoms with Crippen molar-refractivity contribution in [3.05, 3.63) is 82.4 Å². The summed E-state index contributed by atoms with van der Waals surface area (Å²) in [5, 5.41) is 3.00. The molecule has 0 unspecified atom stereocenters. The predicted octanol–water partition coefficient (Wildman–Crippen LogP) is 4.98. The van der Waals surface area contributed by atoms with E-state index in [1.807, 2.05) is 6.92 Å². The molecule has 0 aliphatic heterocycles. The molecule has 3 aromatic carbocycles. The highest BCUT2D eigenvalue weighted by molar-refractivity contribution is 7.92. The summed E-state index contributed by atoms with van der Waals surface area (Å²) in [6.07, 6.45) is 0. The second kappa shape index (κ2) is 11.5. The number of aryl methyl sites for hydroxylation is 2. The third-order valence-corrected chi connectivity index (χ3v) is 7.33. The molecule has 0 spiro atoms. The standard InChI is InChI=1S/C26H27ClN2O6S/c1-5-35-26(31)19-8-12-22(18(3)14-19)28-25(30)16-29(23-15-20(27)9-13-24(23)34-4)36(32,33)21-10-6-17(2)7-11-21/h6-15H,5,16H2,1-4H3,(H,28,30). The number of rotatable bonds is 9. The minimum Gasteiger partial charge on any atom is -0.495 e. The Morgan fingerprint density at radius 1 is 1.00 bits per heavy atom. The van der Waals surface area contributed by atoms with E-state index in [0.29, 0.717) is 16.8 Å². The molecule has 0 radical (unpaired) electrons. The van der Waals surface area contributed by atoms with Crippen LogP contribution in [0.1, 0.15) is 28.4 Å². The SMILES string of the molecule is CCOC(=O)c1ccc(NC(=O)CN(c2cc(Cl)ccc2OC)S(=O)(=O)c2ccc(C)cc2)c(C)c1. The molecule has 190 valence electrons. The zero-order valence-corrected chi connectivity index (χ0v) is 21.9. The number of carbonyl (C=O) groups excluding carboxylic acids is 2. The minimum absolute atomic E-state index is 0.0119. The van der Waals surface area contributed by atoms with Crippen molar-refractivity contribution in [1.82, 2.24) is 0 Å². The van der Waals surface area contributed by atoms with Gasteiger partial charge in [0.1, 0.15) is 12.3 Å². The number of hydrogen-bond acceptors (Lipinski definition) is 6. The van der Waals surface area contributed by atoms with E-state index in [1.165, 1.54) is 37.4 Å². The normalized spacial score (nSPS) is 11.0. The maximum atomic E-state index is 13.7. The quantitative estimate of drug-likeness (QED) is 0.392. The number of sulfonamides is 1. The van der Waals surface area contributed by atoms with Gasteiger partial charge in [-0.3, -0.25) is 9.10 Å². The molecule has 1 N–H and O–H groups in total. The number of nitrogens with zero attached hydrogens (tertiary/aromatic N) is 1. The van der Waals surface area contributed by atoms with Crippen LogP contribution in [0.25, 0.3) is 0 Å². The molecule has 0 fully saturated rings. The summed E-state index contributed by atoms with van der Waals surface area (Å²) in [6, 6.07) is 15.5. The Hall–Kier alpha value is -3.56. The van der Waals surface area contributed by atoms with Crippen molar-refractivity contribution in [3.63, 3.8) is 0 Å². The number of benzene rings is 3. The highest BCUT2D eigenvalue weighted by Crippen LogP contribution is 2.35. The van der Waals surface area contributed by atoms with Gasteiger partial charge in [0.15, 0.2) is 0 Å². The van der Waals surface area contributed by atoms with Crippen molar-refractivity contribution in [2.45, 2.75) is 25.7 Å². The molecule has 0 saturated heterocycles. The zero-order chi connectivity index (χ0) is 26.5. The van der Waals surface area contributed by atoms with E-state index in [-0.39, 0.29) is 28.0 Å². The number of anilines is 2. The predicted molar refractivity (Wildman–Crippen MR) is 139 cm³/mol. The summed E-state index contributed by atoms with van der Waals surface area (Å²) in [5.41, 5.74) is 2.40. The van der Waals surface area contributed by atoms with Crippen LogP contribution in [0.4, 0.5) is 11.4 Å². The third-order valence-electron chi connectivity index (χ3n) is 5.32. The molecule has 0 aliphatic carbocycles. The first kappa shape index (κ1) is 27.0. The second-order valence-electron chi connectivity index (χ2n) is 7.94. The second-order valence-corrected chi connectivity index (χ2v) is 10.2. The van der Waals surface area contributed by atoms with Gasteiger partial charge >= 0.3 is 5.97 Å². The van der Waals surface area contributed by atoms with Gasteiger partial charge in [-0.05, 0) is 74.9 Å². The van der Waals surface area contributed by atoms with Crippen molar-refractivity contribution in [2.75, 3.05) is 29.9 Å². The van der Waals surface area contributed by atoms with Crippen LogP contribution < -0.4 is 14.4 Å². The summed E-state index contributed by atoms with van der Waals surface area (Å²) in [7, 11) is -2.77. The van der Waals surface area contributed by atoms with Crippen LogP contribution in [0.5, 0.6) is 5.75 Å². The summed E-state index contributed by atoms with van der Waals surface area (Å²) >= 11 is 6.17. The van der Waals surface area contributed by atoms with Crippen molar-refractivity contribution >= 4 is 44.9 Å². The van der Waals surface area contributed by atoms with Crippen LogP contribution in [0.3, 0.4) is 0 Å². The first-order valence-electron chi connectivity index (χ1n) is 11.1. The minimum atomic E-state index is -4.17. The summed E-state index contributed by atoms with van der Waals surface area (Å²) in [5.74, 6) is -0.834. The molecule has 0 atom stereocenters. The highest BCUT2D eigenvalue weighted by Gasteiger charge is 2.30. The van der Waals surface area contributed by atoms with E-state index >= 15 is 0 Å². The maximum absolute atomic E-state index is 13.7. The Bertz CT molecular complexity index is 1370. The number of hydrogen-bond donors (Lipinski definition) is 1. The number of methoxy groups -OCH3 is 1. The number of ether oxygens (including phenoxy) is 2. The molecule has 3 rings (SSSR count). The topological polar surface area (TPSA) is 102 Å². The molecule has 0 heterocycles. The van der Waals surface area contributed by atoms with Gasteiger partial charge in [-0.1, -0.05) is 29.3 Å². The number of carbonyl (C=O) groups is 2. The van der Waals surface area contributed by atoms with Gasteiger partial charge in [0.25, 0.3) is 10.0 Å². The third kappa shape index (κ3) is 6.16. The molecule has 3 aromatic rings. The Kier molecular flexibility index (Phi) is 8.60. The van der Waals surface area contributed by atoms with Crippen molar-refractivity contribution in [1.29, 1.82) is 0 Å². The van der Waals surface area contributed by atoms with Gasteiger partial charge in [0, 0.05) is 10.7 Å². The van der Waals surface area contributed by atoms with Gasteiger partial charge in [-0.25, -0.2) is 13.2 Å².